The number of benzene rings is 3. The third-order valence-electron chi connectivity index (χ3n) is 5.81. The second kappa shape index (κ2) is 7.00. The fraction of sp³-hybridized carbons (Fsp3) is 0.217. The Morgan fingerprint density at radius 3 is 2.18 bits per heavy atom. The fourth-order valence-corrected chi connectivity index (χ4v) is 4.46. The van der Waals surface area contributed by atoms with Gasteiger partial charge < -0.3 is 4.90 Å². The molecule has 0 spiro atoms. The molecule has 2 N–H and O–H groups in total. The van der Waals surface area contributed by atoms with E-state index in [9.17, 15) is 8.78 Å². The molecular weight excluding hydrogens is 356 g/mol. The largest absolute Gasteiger partial charge is 0.367 e. The summed E-state index contributed by atoms with van der Waals surface area (Å²) < 4.78 is 26.7. The molecule has 2 heterocycles. The van der Waals surface area contributed by atoms with Crippen LogP contribution in [0.4, 0.5) is 14.5 Å². The number of hydrazine groups is 1. The van der Waals surface area contributed by atoms with Gasteiger partial charge in [0.25, 0.3) is 0 Å². The molecule has 3 nitrogen and oxygen atoms in total. The van der Waals surface area contributed by atoms with Crippen LogP contribution in [0.25, 0.3) is 0 Å². The van der Waals surface area contributed by atoms with Gasteiger partial charge in [0.05, 0.1) is 12.1 Å². The van der Waals surface area contributed by atoms with Crippen molar-refractivity contribution in [1.29, 1.82) is 0 Å². The van der Waals surface area contributed by atoms with E-state index in [1.54, 1.807) is 0 Å². The van der Waals surface area contributed by atoms with Gasteiger partial charge in [-0.25, -0.2) is 19.6 Å². The lowest BCUT2D eigenvalue weighted by atomic mass is 9.82. The second-order valence-corrected chi connectivity index (χ2v) is 7.53. The summed E-state index contributed by atoms with van der Waals surface area (Å²) in [7, 11) is 0. The number of hydrogen-bond acceptors (Lipinski definition) is 3. The Bertz CT molecular complexity index is 972. The van der Waals surface area contributed by atoms with Crippen LogP contribution in [0.15, 0.2) is 72.8 Å². The molecule has 5 rings (SSSR count). The number of para-hydroxylation sites is 1. The highest BCUT2D eigenvalue weighted by Gasteiger charge is 2.42. The summed E-state index contributed by atoms with van der Waals surface area (Å²) in [6, 6.07) is 22.1. The van der Waals surface area contributed by atoms with Crippen LogP contribution in [0.3, 0.4) is 0 Å². The lowest BCUT2D eigenvalue weighted by Crippen LogP contribution is -2.39. The van der Waals surface area contributed by atoms with Gasteiger partial charge in [-0.1, -0.05) is 42.5 Å². The third kappa shape index (κ3) is 3.07. The minimum absolute atomic E-state index is 0.0923. The molecule has 1 saturated heterocycles. The molecule has 2 aliphatic rings. The van der Waals surface area contributed by atoms with Crippen molar-refractivity contribution < 1.29 is 8.78 Å². The minimum atomic E-state index is -0.224. The smallest absolute Gasteiger partial charge is 0.123 e. The zero-order valence-corrected chi connectivity index (χ0v) is 15.3. The van der Waals surface area contributed by atoms with Gasteiger partial charge in [0.15, 0.2) is 0 Å². The van der Waals surface area contributed by atoms with Crippen molar-refractivity contribution in [3.05, 3.63) is 101 Å². The highest BCUT2D eigenvalue weighted by atomic mass is 19.1. The van der Waals surface area contributed by atoms with E-state index in [0.29, 0.717) is 5.92 Å². The van der Waals surface area contributed by atoms with E-state index >= 15 is 0 Å². The topological polar surface area (TPSA) is 27.3 Å². The summed E-state index contributed by atoms with van der Waals surface area (Å²) in [5.74, 6) is -0.151. The molecule has 3 unspecified atom stereocenters. The quantitative estimate of drug-likeness (QED) is 0.704. The molecule has 1 fully saturated rings. The molecule has 142 valence electrons. The van der Waals surface area contributed by atoms with Crippen molar-refractivity contribution in [3.8, 4) is 0 Å². The molecule has 28 heavy (non-hydrogen) atoms. The van der Waals surface area contributed by atoms with Crippen LogP contribution in [0, 0.1) is 17.6 Å². The summed E-state index contributed by atoms with van der Waals surface area (Å²) >= 11 is 0. The van der Waals surface area contributed by atoms with Gasteiger partial charge in [0.1, 0.15) is 11.6 Å². The fourth-order valence-electron chi connectivity index (χ4n) is 4.46. The average Bonchev–Trinajstić information content (AvgIpc) is 3.14. The Hall–Kier alpha value is -2.76. The lowest BCUT2D eigenvalue weighted by Gasteiger charge is -2.39. The van der Waals surface area contributed by atoms with Crippen LogP contribution >= 0.6 is 0 Å². The number of rotatable bonds is 3. The van der Waals surface area contributed by atoms with E-state index in [-0.39, 0.29) is 23.7 Å². The van der Waals surface area contributed by atoms with E-state index < -0.39 is 0 Å². The zero-order valence-electron chi connectivity index (χ0n) is 15.3. The van der Waals surface area contributed by atoms with Crippen LogP contribution in [0.2, 0.25) is 0 Å². The maximum absolute atomic E-state index is 13.4. The number of hydrogen-bond donors (Lipinski definition) is 2. The summed E-state index contributed by atoms with van der Waals surface area (Å²) in [6.07, 6.45) is 0. The van der Waals surface area contributed by atoms with Crippen molar-refractivity contribution in [2.75, 3.05) is 11.4 Å². The Balaban J connectivity index is 1.48. The van der Waals surface area contributed by atoms with Crippen molar-refractivity contribution >= 4 is 5.69 Å². The van der Waals surface area contributed by atoms with E-state index in [0.717, 1.165) is 24.2 Å². The molecule has 2 aliphatic heterocycles. The Morgan fingerprint density at radius 1 is 0.786 bits per heavy atom. The molecule has 5 heteroatoms. The normalized spacial score (nSPS) is 23.4. The predicted octanol–water partition coefficient (Wildman–Crippen LogP) is 4.49. The van der Waals surface area contributed by atoms with Gasteiger partial charge in [-0.2, -0.15) is 0 Å². The van der Waals surface area contributed by atoms with Crippen LogP contribution in [-0.4, -0.2) is 6.54 Å². The SMILES string of the molecule is Fc1ccc(CN2CC3C(c4ccc(F)cc4)NNC3c3ccccc32)cc1. The zero-order chi connectivity index (χ0) is 19.1. The summed E-state index contributed by atoms with van der Waals surface area (Å²) in [5, 5.41) is 0. The Labute approximate surface area is 163 Å². The predicted molar refractivity (Wildman–Crippen MR) is 106 cm³/mol. The number of fused-ring (bicyclic) bond motifs is 3. The summed E-state index contributed by atoms with van der Waals surface area (Å²) in [6.45, 7) is 1.57. The molecular formula is C23H21F2N3. The highest BCUT2D eigenvalue weighted by molar-refractivity contribution is 5.58. The molecule has 3 aromatic rings. The van der Waals surface area contributed by atoms with E-state index in [1.165, 1.54) is 35.5 Å². The Morgan fingerprint density at radius 2 is 1.43 bits per heavy atom. The first kappa shape index (κ1) is 17.3. The molecule has 0 saturated carbocycles. The summed E-state index contributed by atoms with van der Waals surface area (Å²) in [4.78, 5) is 2.36. The Kier molecular flexibility index (Phi) is 4.34. The molecule has 3 aromatic carbocycles. The first-order chi connectivity index (χ1) is 13.7. The van der Waals surface area contributed by atoms with Crippen molar-refractivity contribution in [2.24, 2.45) is 5.92 Å². The van der Waals surface area contributed by atoms with Gasteiger partial charge in [0, 0.05) is 24.7 Å². The molecule has 0 bridgehead atoms. The van der Waals surface area contributed by atoms with Gasteiger partial charge in [-0.3, -0.25) is 0 Å². The van der Waals surface area contributed by atoms with Crippen LogP contribution in [0.1, 0.15) is 28.8 Å². The summed E-state index contributed by atoms with van der Waals surface area (Å²) in [5.41, 5.74) is 11.5. The number of halogens is 2. The molecule has 0 radical (unpaired) electrons. The first-order valence-corrected chi connectivity index (χ1v) is 9.54. The van der Waals surface area contributed by atoms with Crippen LogP contribution in [0.5, 0.6) is 0 Å². The maximum Gasteiger partial charge on any atom is 0.123 e. The highest BCUT2D eigenvalue weighted by Crippen LogP contribution is 2.45. The van der Waals surface area contributed by atoms with Crippen molar-refractivity contribution in [1.82, 2.24) is 10.9 Å². The van der Waals surface area contributed by atoms with Crippen molar-refractivity contribution in [2.45, 2.75) is 18.6 Å². The lowest BCUT2D eigenvalue weighted by molar-refractivity contribution is 0.402. The average molecular weight is 377 g/mol. The monoisotopic (exact) mass is 377 g/mol. The van der Waals surface area contributed by atoms with Gasteiger partial charge in [-0.15, -0.1) is 0 Å². The molecule has 0 aliphatic carbocycles. The van der Waals surface area contributed by atoms with Gasteiger partial charge >= 0.3 is 0 Å². The van der Waals surface area contributed by atoms with E-state index in [4.69, 9.17) is 0 Å². The third-order valence-corrected chi connectivity index (χ3v) is 5.81. The van der Waals surface area contributed by atoms with Crippen LogP contribution in [-0.2, 0) is 6.54 Å². The molecule has 3 atom stereocenters. The van der Waals surface area contributed by atoms with Crippen molar-refractivity contribution in [3.63, 3.8) is 0 Å². The number of anilines is 1. The van der Waals surface area contributed by atoms with Crippen LogP contribution < -0.4 is 15.8 Å². The van der Waals surface area contributed by atoms with Gasteiger partial charge in [0.2, 0.25) is 0 Å². The standard InChI is InChI=1S/C23H21F2N3/c24-17-9-5-15(6-10-17)13-28-14-20-22(16-7-11-18(25)12-8-16)26-27-23(20)19-3-1-2-4-21(19)28/h1-12,20,22-23,26-27H,13-14H2. The first-order valence-electron chi connectivity index (χ1n) is 9.54. The second-order valence-electron chi connectivity index (χ2n) is 7.53. The number of nitrogens with zero attached hydrogens (tertiary/aromatic N) is 1. The molecule has 0 aromatic heterocycles. The maximum atomic E-state index is 13.4. The van der Waals surface area contributed by atoms with E-state index in [1.807, 2.05) is 24.3 Å². The number of nitrogens with one attached hydrogen (secondary N) is 2. The molecule has 0 amide bonds. The van der Waals surface area contributed by atoms with Gasteiger partial charge in [-0.05, 0) is 47.0 Å². The minimum Gasteiger partial charge on any atom is -0.367 e. The van der Waals surface area contributed by atoms with E-state index in [2.05, 4.69) is 40.0 Å².